The monoisotopic (exact) mass is 436 g/mol. The van der Waals surface area contributed by atoms with Crippen LogP contribution in [0.5, 0.6) is 0 Å². The van der Waals surface area contributed by atoms with Gasteiger partial charge >= 0.3 is 0 Å². The minimum atomic E-state index is -0.369. The van der Waals surface area contributed by atoms with Crippen molar-refractivity contribution in [2.24, 2.45) is 0 Å². The van der Waals surface area contributed by atoms with E-state index < -0.39 is 0 Å². The zero-order valence-electron chi connectivity index (χ0n) is 18.1. The van der Waals surface area contributed by atoms with E-state index in [2.05, 4.69) is 15.5 Å². The van der Waals surface area contributed by atoms with Crippen LogP contribution in [0.15, 0.2) is 47.0 Å². The summed E-state index contributed by atoms with van der Waals surface area (Å²) >= 11 is 0. The highest BCUT2D eigenvalue weighted by atomic mass is 19.1. The van der Waals surface area contributed by atoms with Crippen molar-refractivity contribution in [3.05, 3.63) is 70.9 Å². The molecule has 0 radical (unpaired) electrons. The van der Waals surface area contributed by atoms with Gasteiger partial charge in [0.2, 0.25) is 17.6 Å². The van der Waals surface area contributed by atoms with E-state index in [1.165, 1.54) is 12.1 Å². The molecule has 8 heteroatoms. The third-order valence-corrected chi connectivity index (χ3v) is 5.53. The predicted molar refractivity (Wildman–Crippen MR) is 116 cm³/mol. The number of hydrogen-bond donors (Lipinski definition) is 1. The molecule has 1 aliphatic heterocycles. The van der Waals surface area contributed by atoms with Gasteiger partial charge in [-0.1, -0.05) is 34.5 Å². The summed E-state index contributed by atoms with van der Waals surface area (Å²) in [6.07, 6.45) is 1.60. The molecule has 3 aromatic rings. The van der Waals surface area contributed by atoms with Gasteiger partial charge in [0.25, 0.3) is 5.91 Å². The van der Waals surface area contributed by atoms with Crippen LogP contribution in [-0.2, 0) is 4.79 Å². The van der Waals surface area contributed by atoms with Crippen molar-refractivity contribution in [3.8, 4) is 11.4 Å². The molecule has 1 aliphatic rings. The van der Waals surface area contributed by atoms with Crippen LogP contribution in [0.25, 0.3) is 11.4 Å². The Morgan fingerprint density at radius 1 is 1.19 bits per heavy atom. The van der Waals surface area contributed by atoms with Crippen LogP contribution in [-0.4, -0.2) is 46.5 Å². The average molecular weight is 436 g/mol. The molecule has 2 aromatic carbocycles. The summed E-state index contributed by atoms with van der Waals surface area (Å²) in [6.45, 7) is 4.83. The molecular weight excluding hydrogens is 411 g/mol. The lowest BCUT2D eigenvalue weighted by atomic mass is 9.98. The molecule has 0 spiro atoms. The number of amides is 2. The molecule has 1 N–H and O–H groups in total. The number of piperidine rings is 1. The second kappa shape index (κ2) is 9.30. The van der Waals surface area contributed by atoms with Gasteiger partial charge in [0.1, 0.15) is 5.82 Å². The van der Waals surface area contributed by atoms with Crippen molar-refractivity contribution in [1.82, 2.24) is 20.4 Å². The van der Waals surface area contributed by atoms with Crippen molar-refractivity contribution in [2.45, 2.75) is 32.6 Å². The van der Waals surface area contributed by atoms with Crippen molar-refractivity contribution < 1.29 is 18.5 Å². The number of nitrogens with zero attached hydrogens (tertiary/aromatic N) is 3. The van der Waals surface area contributed by atoms with Gasteiger partial charge in [0.15, 0.2) is 0 Å². The Kier molecular flexibility index (Phi) is 6.30. The summed E-state index contributed by atoms with van der Waals surface area (Å²) in [5, 5.41) is 6.69. The minimum Gasteiger partial charge on any atom is -0.343 e. The number of halogens is 1. The van der Waals surface area contributed by atoms with Gasteiger partial charge in [-0.3, -0.25) is 9.59 Å². The fourth-order valence-electron chi connectivity index (χ4n) is 4.03. The topological polar surface area (TPSA) is 88.3 Å². The number of nitrogens with one attached hydrogen (secondary N) is 1. The summed E-state index contributed by atoms with van der Waals surface area (Å²) in [4.78, 5) is 31.3. The maximum absolute atomic E-state index is 13.5. The molecule has 1 fully saturated rings. The highest BCUT2D eigenvalue weighted by Crippen LogP contribution is 2.27. The number of aryl methyl sites for hydroxylation is 2. The van der Waals surface area contributed by atoms with E-state index >= 15 is 0 Å². The minimum absolute atomic E-state index is 0.0725. The van der Waals surface area contributed by atoms with E-state index in [1.807, 2.05) is 19.9 Å². The van der Waals surface area contributed by atoms with Gasteiger partial charge in [-0.2, -0.15) is 4.98 Å². The van der Waals surface area contributed by atoms with Gasteiger partial charge < -0.3 is 14.7 Å². The second-order valence-corrected chi connectivity index (χ2v) is 8.20. The van der Waals surface area contributed by atoms with E-state index in [1.54, 1.807) is 29.2 Å². The highest BCUT2D eigenvalue weighted by Gasteiger charge is 2.29. The Morgan fingerprint density at radius 2 is 1.97 bits per heavy atom. The van der Waals surface area contributed by atoms with Crippen LogP contribution in [0.3, 0.4) is 0 Å². The molecule has 1 unspecified atom stereocenters. The third-order valence-electron chi connectivity index (χ3n) is 5.53. The molecule has 4 rings (SSSR count). The van der Waals surface area contributed by atoms with E-state index in [0.717, 1.165) is 24.0 Å². The molecule has 32 heavy (non-hydrogen) atoms. The molecule has 0 bridgehead atoms. The van der Waals surface area contributed by atoms with Gasteiger partial charge in [-0.15, -0.1) is 0 Å². The van der Waals surface area contributed by atoms with Crippen molar-refractivity contribution >= 4 is 11.8 Å². The van der Waals surface area contributed by atoms with Crippen LogP contribution < -0.4 is 5.32 Å². The lowest BCUT2D eigenvalue weighted by Gasteiger charge is -2.31. The molecule has 0 aliphatic carbocycles. The Balaban J connectivity index is 1.36. The van der Waals surface area contributed by atoms with Crippen LogP contribution in [0.4, 0.5) is 4.39 Å². The maximum Gasteiger partial charge on any atom is 0.251 e. The first-order chi connectivity index (χ1) is 15.4. The van der Waals surface area contributed by atoms with Crippen LogP contribution in [0, 0.1) is 19.7 Å². The van der Waals surface area contributed by atoms with Gasteiger partial charge in [0, 0.05) is 24.2 Å². The zero-order chi connectivity index (χ0) is 22.7. The fraction of sp³-hybridized carbons (Fsp3) is 0.333. The zero-order valence-corrected chi connectivity index (χ0v) is 18.1. The summed E-state index contributed by atoms with van der Waals surface area (Å²) in [7, 11) is 0. The third kappa shape index (κ3) is 5.01. The maximum atomic E-state index is 13.5. The summed E-state index contributed by atoms with van der Waals surface area (Å²) in [6, 6.07) is 11.6. The van der Waals surface area contributed by atoms with Gasteiger partial charge in [-0.25, -0.2) is 4.39 Å². The lowest BCUT2D eigenvalue weighted by molar-refractivity contribution is -0.131. The first-order valence-corrected chi connectivity index (χ1v) is 10.6. The number of carbonyl (C=O) groups is 2. The Bertz CT molecular complexity index is 1120. The smallest absolute Gasteiger partial charge is 0.251 e. The molecule has 166 valence electrons. The van der Waals surface area contributed by atoms with Crippen molar-refractivity contribution in [2.75, 3.05) is 19.6 Å². The molecule has 1 saturated heterocycles. The molecular formula is C24H25FN4O3. The lowest BCUT2D eigenvalue weighted by Crippen LogP contribution is -2.44. The molecule has 2 amide bonds. The first-order valence-electron chi connectivity index (χ1n) is 10.6. The fourth-order valence-corrected chi connectivity index (χ4v) is 4.03. The van der Waals surface area contributed by atoms with Crippen LogP contribution >= 0.6 is 0 Å². The summed E-state index contributed by atoms with van der Waals surface area (Å²) < 4.78 is 18.9. The van der Waals surface area contributed by atoms with Gasteiger partial charge in [-0.05, 0) is 51.0 Å². The van der Waals surface area contributed by atoms with Crippen LogP contribution in [0.2, 0.25) is 0 Å². The van der Waals surface area contributed by atoms with Crippen molar-refractivity contribution in [3.63, 3.8) is 0 Å². The van der Waals surface area contributed by atoms with Crippen LogP contribution in [0.1, 0.15) is 46.1 Å². The number of rotatable bonds is 5. The predicted octanol–water partition coefficient (Wildman–Crippen LogP) is 3.63. The summed E-state index contributed by atoms with van der Waals surface area (Å²) in [5.74, 6) is -0.138. The number of benzene rings is 2. The molecule has 0 saturated carbocycles. The Morgan fingerprint density at radius 3 is 2.72 bits per heavy atom. The highest BCUT2D eigenvalue weighted by molar-refractivity contribution is 5.96. The number of aromatic nitrogens is 2. The van der Waals surface area contributed by atoms with Crippen molar-refractivity contribution in [1.29, 1.82) is 0 Å². The standard InChI is InChI=1S/C24H25FN4O3/c1-15-9-16(2)11-19(10-15)23(31)26-13-21(30)29-8-4-6-18(14-29)24-27-22(28-32-24)17-5-3-7-20(25)12-17/h3,5,7,9-12,18H,4,6,8,13-14H2,1-2H3,(H,26,31). The molecule has 1 aromatic heterocycles. The number of likely N-dealkylation sites (tertiary alicyclic amines) is 1. The number of hydrogen-bond acceptors (Lipinski definition) is 5. The van der Waals surface area contributed by atoms with E-state index in [9.17, 15) is 14.0 Å². The Labute approximate surface area is 185 Å². The van der Waals surface area contributed by atoms with Gasteiger partial charge in [0.05, 0.1) is 12.5 Å². The number of carbonyl (C=O) groups excluding carboxylic acids is 2. The largest absolute Gasteiger partial charge is 0.343 e. The average Bonchev–Trinajstić information content (AvgIpc) is 3.27. The van der Waals surface area contributed by atoms with E-state index in [0.29, 0.717) is 35.9 Å². The van der Waals surface area contributed by atoms with E-state index in [-0.39, 0.29) is 30.1 Å². The first kappa shape index (κ1) is 21.7. The normalized spacial score (nSPS) is 16.1. The Hall–Kier alpha value is -3.55. The quantitative estimate of drug-likeness (QED) is 0.660. The second-order valence-electron chi connectivity index (χ2n) is 8.20. The SMILES string of the molecule is Cc1cc(C)cc(C(=O)NCC(=O)N2CCCC(c3nc(-c4cccc(F)c4)no3)C2)c1. The molecule has 2 heterocycles. The molecule has 1 atom stereocenters. The summed E-state index contributed by atoms with van der Waals surface area (Å²) in [5.41, 5.74) is 3.08. The molecule has 7 nitrogen and oxygen atoms in total. The van der Waals surface area contributed by atoms with E-state index in [4.69, 9.17) is 4.52 Å².